The fourth-order valence-corrected chi connectivity index (χ4v) is 8.26. The zero-order valence-electron chi connectivity index (χ0n) is 30.0. The van der Waals surface area contributed by atoms with Crippen LogP contribution < -0.4 is 26.4 Å². The highest BCUT2D eigenvalue weighted by Gasteiger charge is 2.33. The fourth-order valence-electron chi connectivity index (χ4n) is 5.83. The van der Waals surface area contributed by atoms with Crippen molar-refractivity contribution in [3.8, 4) is 5.75 Å². The van der Waals surface area contributed by atoms with Gasteiger partial charge in [-0.2, -0.15) is 4.98 Å². The third-order valence-electron chi connectivity index (χ3n) is 8.66. The zero-order valence-corrected chi connectivity index (χ0v) is 31.7. The molecule has 1 fully saturated rings. The van der Waals surface area contributed by atoms with Crippen LogP contribution in [0.1, 0.15) is 103 Å². The molecular formula is C38H56N5O6PS. The minimum atomic E-state index is -3.92. The molecule has 0 aliphatic carbocycles. The number of anilines is 1. The van der Waals surface area contributed by atoms with Gasteiger partial charge in [0.2, 0.25) is 5.91 Å². The number of carbonyl (C=O) groups is 1. The van der Waals surface area contributed by atoms with Crippen molar-refractivity contribution in [1.82, 2.24) is 20.0 Å². The van der Waals surface area contributed by atoms with Gasteiger partial charge in [0.05, 0.1) is 6.61 Å². The van der Waals surface area contributed by atoms with Crippen molar-refractivity contribution in [1.29, 1.82) is 0 Å². The molecule has 0 saturated carbocycles. The highest BCUT2D eigenvalue weighted by Crippen LogP contribution is 2.47. The number of benzene rings is 2. The van der Waals surface area contributed by atoms with Crippen molar-refractivity contribution in [3.05, 3.63) is 77.4 Å². The van der Waals surface area contributed by atoms with E-state index in [1.54, 1.807) is 12.3 Å². The molecule has 1 aliphatic rings. The van der Waals surface area contributed by atoms with Gasteiger partial charge in [-0.15, -0.1) is 11.8 Å². The molecule has 13 heteroatoms. The monoisotopic (exact) mass is 741 g/mol. The molecular weight excluding hydrogens is 685 g/mol. The molecule has 51 heavy (non-hydrogen) atoms. The first-order valence-electron chi connectivity index (χ1n) is 18.6. The van der Waals surface area contributed by atoms with Crippen LogP contribution in [0.3, 0.4) is 0 Å². The third-order valence-corrected chi connectivity index (χ3v) is 11.3. The van der Waals surface area contributed by atoms with Crippen LogP contribution in [0.25, 0.3) is 10.8 Å². The number of ether oxygens (including phenoxy) is 1. The van der Waals surface area contributed by atoms with Crippen LogP contribution >= 0.6 is 19.5 Å². The second kappa shape index (κ2) is 22.7. The van der Waals surface area contributed by atoms with E-state index in [1.807, 2.05) is 36.4 Å². The number of amides is 1. The normalized spacial score (nSPS) is 17.2. The van der Waals surface area contributed by atoms with Crippen LogP contribution in [0, 0.1) is 0 Å². The van der Waals surface area contributed by atoms with Crippen LogP contribution in [0.2, 0.25) is 0 Å². The van der Waals surface area contributed by atoms with E-state index < -0.39 is 25.1 Å². The Balaban J connectivity index is 1.16. The lowest BCUT2D eigenvalue weighted by atomic mass is 10.1. The smallest absolute Gasteiger partial charge is 0.413 e. The van der Waals surface area contributed by atoms with Crippen LogP contribution in [0.5, 0.6) is 5.75 Å². The summed E-state index contributed by atoms with van der Waals surface area (Å²) >= 11 is 1.43. The molecule has 0 spiro atoms. The largest absolute Gasteiger partial charge is 0.458 e. The van der Waals surface area contributed by atoms with Crippen LogP contribution in [-0.2, 0) is 18.6 Å². The number of nitrogens with zero attached hydrogens (tertiary/aromatic N) is 2. The summed E-state index contributed by atoms with van der Waals surface area (Å²) in [6.07, 6.45) is 21.9. The maximum Gasteiger partial charge on any atom is 0.458 e. The number of unbranched alkanes of at least 4 members (excludes halogenated alkanes) is 11. The molecule has 1 aromatic heterocycles. The lowest BCUT2D eigenvalue weighted by molar-refractivity contribution is -0.121. The summed E-state index contributed by atoms with van der Waals surface area (Å²) in [6, 6.07) is 14.7. The Hall–Kier alpha value is -3.15. The number of hydrogen-bond acceptors (Lipinski definition) is 9. The van der Waals surface area contributed by atoms with Crippen LogP contribution in [0.4, 0.5) is 5.82 Å². The standard InChI is InChI=1S/C38H56N5O6PS/c1-2-3-4-5-6-7-8-9-10-11-12-13-14-15-16-24-35(44)40-26-27-41-50(46,49-33-23-19-21-31-20-17-18-22-32(31)33)47-29-37-48-36(30-51-37)43-28-25-34(39)42-38(43)45/h9-10,17-23,25,28,36-37H,2-8,11-16,24,26-27,29-30H2,1H3,(H,40,44)(H,41,46)(H2,39,42,45)/b10-9-/t36-,37+,50?/m0/s1. The van der Waals surface area contributed by atoms with E-state index >= 15 is 0 Å². The third kappa shape index (κ3) is 14.8. The van der Waals surface area contributed by atoms with Gasteiger partial charge in [-0.1, -0.05) is 107 Å². The summed E-state index contributed by atoms with van der Waals surface area (Å²) < 4.78 is 33.4. The first-order valence-corrected chi connectivity index (χ1v) is 21.2. The Labute approximate surface area is 307 Å². The molecule has 2 aromatic carbocycles. The highest BCUT2D eigenvalue weighted by atomic mass is 32.2. The van der Waals surface area contributed by atoms with Crippen molar-refractivity contribution in [2.45, 2.75) is 108 Å². The summed E-state index contributed by atoms with van der Waals surface area (Å²) in [6.45, 7) is 2.63. The van der Waals surface area contributed by atoms with Gasteiger partial charge in [0, 0.05) is 36.8 Å². The van der Waals surface area contributed by atoms with Gasteiger partial charge in [0.25, 0.3) is 0 Å². The molecule has 2 heterocycles. The number of nitrogens with two attached hydrogens (primary N) is 1. The van der Waals surface area contributed by atoms with Crippen molar-refractivity contribution >= 4 is 42.0 Å². The Kier molecular flexibility index (Phi) is 18.1. The van der Waals surface area contributed by atoms with Crippen LogP contribution in [0.15, 0.2) is 71.7 Å². The Morgan fingerprint density at radius 2 is 1.69 bits per heavy atom. The molecule has 11 nitrogen and oxygen atoms in total. The van der Waals surface area contributed by atoms with Gasteiger partial charge < -0.3 is 20.3 Å². The lowest BCUT2D eigenvalue weighted by Gasteiger charge is -2.22. The molecule has 1 amide bonds. The first kappa shape index (κ1) is 40.6. The number of hydrogen-bond donors (Lipinski definition) is 3. The van der Waals surface area contributed by atoms with Crippen molar-refractivity contribution in [2.75, 3.05) is 31.2 Å². The van der Waals surface area contributed by atoms with Crippen LogP contribution in [-0.4, -0.2) is 46.3 Å². The lowest BCUT2D eigenvalue weighted by Crippen LogP contribution is -2.32. The minimum Gasteiger partial charge on any atom is -0.413 e. The molecule has 3 atom stereocenters. The van der Waals surface area contributed by atoms with Gasteiger partial charge in [-0.25, -0.2) is 14.4 Å². The van der Waals surface area contributed by atoms with Crippen molar-refractivity contribution < 1.29 is 23.1 Å². The van der Waals surface area contributed by atoms with E-state index in [2.05, 4.69) is 34.5 Å². The van der Waals surface area contributed by atoms with Gasteiger partial charge in [0.1, 0.15) is 23.2 Å². The Morgan fingerprint density at radius 3 is 2.45 bits per heavy atom. The number of thioether (sulfide) groups is 1. The number of aromatic nitrogens is 2. The van der Waals surface area contributed by atoms with Gasteiger partial charge in [-0.3, -0.25) is 13.9 Å². The van der Waals surface area contributed by atoms with E-state index in [9.17, 15) is 14.2 Å². The average Bonchev–Trinajstić information content (AvgIpc) is 3.60. The predicted octanol–water partition coefficient (Wildman–Crippen LogP) is 8.51. The number of allylic oxidation sites excluding steroid dienone is 2. The molecule has 3 aromatic rings. The highest BCUT2D eigenvalue weighted by molar-refractivity contribution is 8.00. The Bertz CT molecular complexity index is 1620. The zero-order chi connectivity index (χ0) is 36.2. The summed E-state index contributed by atoms with van der Waals surface area (Å²) in [7, 11) is -3.92. The molecule has 1 saturated heterocycles. The summed E-state index contributed by atoms with van der Waals surface area (Å²) in [5, 5.41) is 7.55. The molecule has 4 rings (SSSR count). The average molecular weight is 742 g/mol. The molecule has 0 bridgehead atoms. The van der Waals surface area contributed by atoms with E-state index in [1.165, 1.54) is 80.2 Å². The number of fused-ring (bicyclic) bond motifs is 1. The molecule has 1 aliphatic heterocycles. The number of rotatable bonds is 25. The quantitative estimate of drug-likeness (QED) is 0.0439. The van der Waals surface area contributed by atoms with E-state index in [0.717, 1.165) is 36.5 Å². The summed E-state index contributed by atoms with van der Waals surface area (Å²) in [5.74, 6) is 0.993. The molecule has 0 radical (unpaired) electrons. The maximum atomic E-state index is 14.1. The van der Waals surface area contributed by atoms with E-state index in [-0.39, 0.29) is 31.4 Å². The second-order valence-corrected chi connectivity index (χ2v) is 15.8. The number of carbonyl (C=O) groups excluding carboxylic acids is 1. The number of nitrogens with one attached hydrogen (secondary N) is 2. The second-order valence-electron chi connectivity index (χ2n) is 12.9. The van der Waals surface area contributed by atoms with Gasteiger partial charge >= 0.3 is 13.4 Å². The maximum absolute atomic E-state index is 14.1. The van der Waals surface area contributed by atoms with Crippen molar-refractivity contribution in [2.24, 2.45) is 0 Å². The topological polar surface area (TPSA) is 147 Å². The van der Waals surface area contributed by atoms with Gasteiger partial charge in [-0.05, 0) is 49.6 Å². The Morgan fingerprint density at radius 1 is 0.980 bits per heavy atom. The van der Waals surface area contributed by atoms with E-state index in [0.29, 0.717) is 17.9 Å². The van der Waals surface area contributed by atoms with Gasteiger partial charge in [0.15, 0.2) is 0 Å². The number of nitrogen functional groups attached to an aromatic ring is 1. The summed E-state index contributed by atoms with van der Waals surface area (Å²) in [5.41, 5.74) is 4.61. The molecule has 1 unspecified atom stereocenters. The fraction of sp³-hybridized carbons (Fsp3) is 0.553. The predicted molar refractivity (Wildman–Crippen MR) is 208 cm³/mol. The van der Waals surface area contributed by atoms with E-state index in [4.69, 9.17) is 19.5 Å². The molecule has 280 valence electrons. The molecule has 4 N–H and O–H groups in total. The minimum absolute atomic E-state index is 0.0330. The summed E-state index contributed by atoms with van der Waals surface area (Å²) in [4.78, 5) is 28.5. The first-order chi connectivity index (χ1) is 24.9. The SMILES string of the molecule is CCCCCCCC/C=C\CCCCCCCC(=O)NCCNP(=O)(OC[C@@H]1O[C@H](n2ccc(N)nc2=O)CS1)Oc1cccc2ccccc12. The van der Waals surface area contributed by atoms with Crippen molar-refractivity contribution in [3.63, 3.8) is 0 Å².